The zero-order chi connectivity index (χ0) is 21.2. The van der Waals surface area contributed by atoms with Gasteiger partial charge in [-0.3, -0.25) is 0 Å². The largest absolute Gasteiger partial charge is 1.00 e. The van der Waals surface area contributed by atoms with E-state index in [1.165, 1.54) is 5.56 Å². The number of hydrogen-bond acceptors (Lipinski definition) is 2. The SMILES string of the molecule is OC1(CC#CC[N+]2(Cc3ccccc3)CCOCC2)c2ccccc2-c2ccccc21.[Cl-]. The molecule has 0 radical (unpaired) electrons. The molecule has 0 unspecified atom stereocenters. The summed E-state index contributed by atoms with van der Waals surface area (Å²) in [6.45, 7) is 5.24. The van der Waals surface area contributed by atoms with Crippen LogP contribution < -0.4 is 12.4 Å². The van der Waals surface area contributed by atoms with Crippen LogP contribution in [0.25, 0.3) is 11.1 Å². The number of aliphatic hydroxyl groups is 1. The van der Waals surface area contributed by atoms with Gasteiger partial charge in [0, 0.05) is 12.0 Å². The van der Waals surface area contributed by atoms with Crippen LogP contribution in [0.4, 0.5) is 0 Å². The van der Waals surface area contributed by atoms with Crippen molar-refractivity contribution in [3.8, 4) is 23.0 Å². The first kappa shape index (κ1) is 22.6. The first-order chi connectivity index (χ1) is 15.2. The van der Waals surface area contributed by atoms with Gasteiger partial charge in [0.05, 0.1) is 13.2 Å². The molecule has 5 rings (SSSR count). The third kappa shape index (κ3) is 4.20. The molecular weight excluding hydrogens is 418 g/mol. The number of rotatable bonds is 4. The molecular formula is C28H28ClNO2. The Morgan fingerprint density at radius 2 is 1.34 bits per heavy atom. The van der Waals surface area contributed by atoms with Crippen molar-refractivity contribution in [2.45, 2.75) is 18.6 Å². The van der Waals surface area contributed by atoms with E-state index in [0.717, 1.165) is 66.1 Å². The lowest BCUT2D eigenvalue weighted by Crippen LogP contribution is -3.00. The van der Waals surface area contributed by atoms with Crippen LogP contribution in [0, 0.1) is 11.8 Å². The normalized spacial score (nSPS) is 17.3. The molecule has 3 nitrogen and oxygen atoms in total. The molecule has 0 bridgehead atoms. The third-order valence-corrected chi connectivity index (χ3v) is 6.70. The van der Waals surface area contributed by atoms with E-state index in [-0.39, 0.29) is 12.4 Å². The highest BCUT2D eigenvalue weighted by atomic mass is 35.5. The number of halogens is 1. The molecule has 1 N–H and O–H groups in total. The second kappa shape index (κ2) is 9.48. The summed E-state index contributed by atoms with van der Waals surface area (Å²) >= 11 is 0. The predicted molar refractivity (Wildman–Crippen MR) is 123 cm³/mol. The fraction of sp³-hybridized carbons (Fsp3) is 0.286. The summed E-state index contributed by atoms with van der Waals surface area (Å²) < 4.78 is 6.56. The van der Waals surface area contributed by atoms with Gasteiger partial charge in [0.2, 0.25) is 0 Å². The predicted octanol–water partition coefficient (Wildman–Crippen LogP) is 1.35. The fourth-order valence-electron chi connectivity index (χ4n) is 4.98. The van der Waals surface area contributed by atoms with E-state index in [0.29, 0.717) is 6.42 Å². The second-order valence-electron chi connectivity index (χ2n) is 8.68. The molecule has 2 aliphatic rings. The van der Waals surface area contributed by atoms with E-state index in [1.807, 2.05) is 36.4 Å². The Morgan fingerprint density at radius 1 is 0.781 bits per heavy atom. The summed E-state index contributed by atoms with van der Waals surface area (Å²) in [7, 11) is 0. The second-order valence-corrected chi connectivity index (χ2v) is 8.68. The maximum absolute atomic E-state index is 11.7. The van der Waals surface area contributed by atoms with Crippen LogP contribution in [0.1, 0.15) is 23.1 Å². The van der Waals surface area contributed by atoms with Crippen molar-refractivity contribution < 1.29 is 26.7 Å². The highest BCUT2D eigenvalue weighted by Crippen LogP contribution is 2.48. The van der Waals surface area contributed by atoms with Gasteiger partial charge in [-0.25, -0.2) is 0 Å². The topological polar surface area (TPSA) is 29.5 Å². The van der Waals surface area contributed by atoms with Gasteiger partial charge in [0.15, 0.2) is 0 Å². The van der Waals surface area contributed by atoms with Gasteiger partial charge >= 0.3 is 0 Å². The minimum atomic E-state index is -1.05. The molecule has 0 aromatic heterocycles. The van der Waals surface area contributed by atoms with Gasteiger partial charge in [0.1, 0.15) is 31.8 Å². The van der Waals surface area contributed by atoms with E-state index >= 15 is 0 Å². The lowest BCUT2D eigenvalue weighted by molar-refractivity contribution is -0.941. The zero-order valence-electron chi connectivity index (χ0n) is 18.1. The van der Waals surface area contributed by atoms with Crippen LogP contribution in [-0.4, -0.2) is 42.4 Å². The average molecular weight is 446 g/mol. The molecule has 0 amide bonds. The molecule has 1 fully saturated rings. The molecule has 164 valence electrons. The van der Waals surface area contributed by atoms with Crippen molar-refractivity contribution in [1.82, 2.24) is 0 Å². The molecule has 32 heavy (non-hydrogen) atoms. The highest BCUT2D eigenvalue weighted by Gasteiger charge is 2.40. The van der Waals surface area contributed by atoms with Crippen LogP contribution in [0.3, 0.4) is 0 Å². The monoisotopic (exact) mass is 445 g/mol. The molecule has 3 aromatic rings. The Balaban J connectivity index is 0.00000245. The maximum Gasteiger partial charge on any atom is 0.141 e. The van der Waals surface area contributed by atoms with Crippen molar-refractivity contribution in [2.24, 2.45) is 0 Å². The summed E-state index contributed by atoms with van der Waals surface area (Å²) in [6.07, 6.45) is 0.406. The molecule has 0 spiro atoms. The molecule has 3 aromatic carbocycles. The number of morpholine rings is 1. The van der Waals surface area contributed by atoms with E-state index < -0.39 is 5.60 Å². The lowest BCUT2D eigenvalue weighted by Gasteiger charge is -2.40. The lowest BCUT2D eigenvalue weighted by atomic mass is 9.88. The van der Waals surface area contributed by atoms with Crippen molar-refractivity contribution in [2.75, 3.05) is 32.8 Å². The quantitative estimate of drug-likeness (QED) is 0.485. The first-order valence-corrected chi connectivity index (χ1v) is 11.0. The molecule has 1 aliphatic carbocycles. The minimum absolute atomic E-state index is 0. The summed E-state index contributed by atoms with van der Waals surface area (Å²) in [5.41, 5.74) is 4.44. The zero-order valence-corrected chi connectivity index (χ0v) is 18.9. The van der Waals surface area contributed by atoms with Crippen LogP contribution in [-0.2, 0) is 16.9 Å². The first-order valence-electron chi connectivity index (χ1n) is 11.0. The summed E-state index contributed by atoms with van der Waals surface area (Å²) in [6, 6.07) is 26.9. The van der Waals surface area contributed by atoms with Crippen molar-refractivity contribution in [3.05, 3.63) is 95.6 Å². The Kier molecular flexibility index (Phi) is 6.69. The molecule has 1 saturated heterocycles. The molecule has 4 heteroatoms. The molecule has 1 heterocycles. The van der Waals surface area contributed by atoms with E-state index in [1.54, 1.807) is 0 Å². The standard InChI is InChI=1S/C28H28NO2.ClH/c30-28(26-14-6-4-12-24(26)25-13-5-7-15-27(25)28)16-8-9-17-29(18-20-31-21-19-29)22-23-10-2-1-3-11-23;/h1-7,10-15,30H,16-22H2;1H/q+1;/p-1. The molecule has 0 atom stereocenters. The number of ether oxygens (including phenoxy) is 1. The number of fused-ring (bicyclic) bond motifs is 3. The van der Waals surface area contributed by atoms with Gasteiger partial charge in [-0.1, -0.05) is 84.8 Å². The Labute approximate surface area is 196 Å². The molecule has 0 saturated carbocycles. The Morgan fingerprint density at radius 3 is 1.97 bits per heavy atom. The minimum Gasteiger partial charge on any atom is -1.00 e. The van der Waals surface area contributed by atoms with Gasteiger partial charge < -0.3 is 26.7 Å². The van der Waals surface area contributed by atoms with Crippen LogP contribution >= 0.6 is 0 Å². The Hall–Kier alpha value is -2.61. The van der Waals surface area contributed by atoms with Crippen molar-refractivity contribution >= 4 is 0 Å². The van der Waals surface area contributed by atoms with Crippen LogP contribution in [0.5, 0.6) is 0 Å². The smallest absolute Gasteiger partial charge is 0.141 e. The third-order valence-electron chi connectivity index (χ3n) is 6.70. The number of hydrogen-bond donors (Lipinski definition) is 1. The van der Waals surface area contributed by atoms with Gasteiger partial charge in [-0.15, -0.1) is 0 Å². The Bertz CT molecular complexity index is 1080. The summed E-state index contributed by atoms with van der Waals surface area (Å²) in [5, 5.41) is 11.7. The van der Waals surface area contributed by atoms with E-state index in [2.05, 4.69) is 54.3 Å². The van der Waals surface area contributed by atoms with Crippen molar-refractivity contribution in [3.63, 3.8) is 0 Å². The number of nitrogens with zero attached hydrogens (tertiary/aromatic N) is 1. The summed E-state index contributed by atoms with van der Waals surface area (Å²) in [4.78, 5) is 0. The van der Waals surface area contributed by atoms with Crippen LogP contribution in [0.15, 0.2) is 78.9 Å². The highest BCUT2D eigenvalue weighted by molar-refractivity contribution is 5.80. The van der Waals surface area contributed by atoms with E-state index in [4.69, 9.17) is 4.74 Å². The average Bonchev–Trinajstić information content (AvgIpc) is 3.08. The molecule has 1 aliphatic heterocycles. The van der Waals surface area contributed by atoms with Gasteiger partial charge in [0.25, 0.3) is 0 Å². The fourth-order valence-corrected chi connectivity index (χ4v) is 4.98. The summed E-state index contributed by atoms with van der Waals surface area (Å²) in [5.74, 6) is 6.79. The van der Waals surface area contributed by atoms with Gasteiger partial charge in [-0.2, -0.15) is 0 Å². The number of quaternary nitrogens is 1. The van der Waals surface area contributed by atoms with Crippen molar-refractivity contribution in [1.29, 1.82) is 0 Å². The van der Waals surface area contributed by atoms with Gasteiger partial charge in [-0.05, 0) is 28.2 Å². The van der Waals surface area contributed by atoms with Crippen LogP contribution in [0.2, 0.25) is 0 Å². The van der Waals surface area contributed by atoms with E-state index in [9.17, 15) is 5.11 Å². The maximum atomic E-state index is 11.7. The number of benzene rings is 3.